The summed E-state index contributed by atoms with van der Waals surface area (Å²) in [5.41, 5.74) is 3.00. The van der Waals surface area contributed by atoms with Crippen molar-refractivity contribution >= 4 is 68.9 Å². The zero-order valence-electron chi connectivity index (χ0n) is 21.9. The number of carbonyl (C=O) groups excluding carboxylic acids is 2. The van der Waals surface area contributed by atoms with Crippen molar-refractivity contribution in [3.8, 4) is 0 Å². The monoisotopic (exact) mass is 609 g/mol. The van der Waals surface area contributed by atoms with E-state index in [9.17, 15) is 14.7 Å². The lowest BCUT2D eigenvalue weighted by molar-refractivity contribution is -0.132. The quantitative estimate of drug-likeness (QED) is 0.0782. The highest BCUT2D eigenvalue weighted by Gasteiger charge is 2.48. The summed E-state index contributed by atoms with van der Waals surface area (Å²) < 4.78 is 0.622. The number of aliphatic hydroxyl groups is 1. The van der Waals surface area contributed by atoms with Gasteiger partial charge < -0.3 is 5.11 Å². The highest BCUT2D eigenvalue weighted by atomic mass is 35.5. The van der Waals surface area contributed by atoms with Gasteiger partial charge in [-0.3, -0.25) is 14.5 Å². The van der Waals surface area contributed by atoms with Gasteiger partial charge in [0, 0.05) is 21.4 Å². The molecule has 40 heavy (non-hydrogen) atoms. The predicted molar refractivity (Wildman–Crippen MR) is 162 cm³/mol. The van der Waals surface area contributed by atoms with Crippen molar-refractivity contribution in [3.05, 3.63) is 111 Å². The van der Waals surface area contributed by atoms with E-state index in [1.807, 2.05) is 48.5 Å². The summed E-state index contributed by atoms with van der Waals surface area (Å²) in [6, 6.07) is 20.8. The van der Waals surface area contributed by atoms with Crippen LogP contribution in [0.3, 0.4) is 0 Å². The Balaban J connectivity index is 1.56. The molecule has 1 aliphatic rings. The van der Waals surface area contributed by atoms with Crippen LogP contribution in [0.4, 0.5) is 5.13 Å². The molecule has 1 aromatic heterocycles. The number of rotatable bonds is 6. The molecular weight excluding hydrogens is 585 g/mol. The first-order valence-electron chi connectivity index (χ1n) is 12.4. The number of thioether (sulfide) groups is 1. The number of hydrogen-bond acceptors (Lipinski definition) is 7. The van der Waals surface area contributed by atoms with Gasteiger partial charge in [-0.2, -0.15) is 0 Å². The molecule has 1 aliphatic heterocycles. The average Bonchev–Trinajstić information content (AvgIpc) is 3.50. The highest BCUT2D eigenvalue weighted by Crippen LogP contribution is 2.44. The molecule has 204 valence electrons. The van der Waals surface area contributed by atoms with Gasteiger partial charge in [0.25, 0.3) is 5.78 Å². The molecule has 10 heteroatoms. The number of amides is 1. The SMILES string of the molecule is CC(C)(C)c1ccc(C2/C(=C(/O)c3ccc(Cl)cc3)C(=O)C(=O)N2c2nnc(SCc3ccccc3Cl)s2)cc1. The number of hydrogen-bond donors (Lipinski definition) is 1. The summed E-state index contributed by atoms with van der Waals surface area (Å²) in [5.74, 6) is -1.28. The molecule has 0 radical (unpaired) electrons. The fourth-order valence-corrected chi connectivity index (χ4v) is 6.67. The molecule has 1 saturated heterocycles. The molecule has 1 unspecified atom stereocenters. The van der Waals surface area contributed by atoms with Gasteiger partial charge in [-0.15, -0.1) is 10.2 Å². The lowest BCUT2D eigenvalue weighted by Crippen LogP contribution is -2.29. The van der Waals surface area contributed by atoms with Crippen LogP contribution in [0, 0.1) is 0 Å². The third-order valence-corrected chi connectivity index (χ3v) is 9.29. The second kappa shape index (κ2) is 11.4. The van der Waals surface area contributed by atoms with Crippen molar-refractivity contribution in [1.29, 1.82) is 0 Å². The van der Waals surface area contributed by atoms with E-state index in [-0.39, 0.29) is 21.9 Å². The van der Waals surface area contributed by atoms with Gasteiger partial charge in [0.15, 0.2) is 4.34 Å². The topological polar surface area (TPSA) is 83.4 Å². The molecule has 0 saturated carbocycles. The minimum atomic E-state index is -0.890. The van der Waals surface area contributed by atoms with Crippen LogP contribution in [-0.2, 0) is 20.8 Å². The molecule has 1 atom stereocenters. The smallest absolute Gasteiger partial charge is 0.301 e. The maximum absolute atomic E-state index is 13.5. The zero-order chi connectivity index (χ0) is 28.6. The van der Waals surface area contributed by atoms with Crippen LogP contribution in [0.5, 0.6) is 0 Å². The zero-order valence-corrected chi connectivity index (χ0v) is 25.0. The normalized spacial score (nSPS) is 17.0. The molecule has 4 aromatic rings. The Bertz CT molecular complexity index is 1610. The largest absolute Gasteiger partial charge is 0.507 e. The van der Waals surface area contributed by atoms with Gasteiger partial charge in [0.05, 0.1) is 11.6 Å². The lowest BCUT2D eigenvalue weighted by atomic mass is 9.85. The molecule has 1 fully saturated rings. The van der Waals surface area contributed by atoms with Crippen LogP contribution in [0.1, 0.15) is 49.1 Å². The maximum atomic E-state index is 13.5. The van der Waals surface area contributed by atoms with Crippen molar-refractivity contribution < 1.29 is 14.7 Å². The number of ketones is 1. The van der Waals surface area contributed by atoms with Gasteiger partial charge >= 0.3 is 5.91 Å². The molecule has 3 aromatic carbocycles. The molecule has 1 amide bonds. The Labute approximate surface area is 250 Å². The summed E-state index contributed by atoms with van der Waals surface area (Å²) >= 11 is 15.0. The van der Waals surface area contributed by atoms with E-state index in [0.29, 0.717) is 31.3 Å². The molecular formula is C30H25Cl2N3O3S2. The first kappa shape index (κ1) is 28.4. The average molecular weight is 611 g/mol. The van der Waals surface area contributed by atoms with Crippen LogP contribution in [0.15, 0.2) is 82.7 Å². The number of aliphatic hydroxyl groups excluding tert-OH is 1. The fraction of sp³-hybridized carbons (Fsp3) is 0.200. The first-order chi connectivity index (χ1) is 19.0. The number of Topliss-reactive ketones (excluding diaryl/α,β-unsaturated/α-hetero) is 1. The summed E-state index contributed by atoms with van der Waals surface area (Å²) in [5, 5.41) is 21.3. The van der Waals surface area contributed by atoms with Gasteiger partial charge in [-0.25, -0.2) is 0 Å². The first-order valence-corrected chi connectivity index (χ1v) is 15.0. The maximum Gasteiger partial charge on any atom is 0.301 e. The number of carbonyl (C=O) groups is 2. The number of halogens is 2. The Morgan fingerprint density at radius 2 is 1.65 bits per heavy atom. The second-order valence-corrected chi connectivity index (χ2v) is 13.3. The predicted octanol–water partition coefficient (Wildman–Crippen LogP) is 8.06. The number of nitrogens with zero attached hydrogens (tertiary/aromatic N) is 3. The Hall–Kier alpha value is -3.17. The Kier molecular flexibility index (Phi) is 8.06. The summed E-state index contributed by atoms with van der Waals surface area (Å²) in [7, 11) is 0. The number of aromatic nitrogens is 2. The van der Waals surface area contributed by atoms with E-state index in [1.165, 1.54) is 28.0 Å². The minimum absolute atomic E-state index is 0.0173. The Morgan fingerprint density at radius 3 is 2.30 bits per heavy atom. The lowest BCUT2D eigenvalue weighted by Gasteiger charge is -2.24. The highest BCUT2D eigenvalue weighted by molar-refractivity contribution is 8.00. The minimum Gasteiger partial charge on any atom is -0.507 e. The van der Waals surface area contributed by atoms with Crippen molar-refractivity contribution in [2.45, 2.75) is 42.3 Å². The van der Waals surface area contributed by atoms with Gasteiger partial charge in [0.1, 0.15) is 5.76 Å². The van der Waals surface area contributed by atoms with Crippen molar-refractivity contribution in [3.63, 3.8) is 0 Å². The summed E-state index contributed by atoms with van der Waals surface area (Å²) in [6.45, 7) is 6.33. The summed E-state index contributed by atoms with van der Waals surface area (Å²) in [4.78, 5) is 28.2. The molecule has 6 nitrogen and oxygen atoms in total. The number of benzene rings is 3. The van der Waals surface area contributed by atoms with Crippen LogP contribution in [0.25, 0.3) is 5.76 Å². The third-order valence-electron chi connectivity index (χ3n) is 6.57. The molecule has 2 heterocycles. The van der Waals surface area contributed by atoms with E-state index >= 15 is 0 Å². The number of anilines is 1. The van der Waals surface area contributed by atoms with Gasteiger partial charge in [-0.05, 0) is 52.4 Å². The molecule has 0 bridgehead atoms. The summed E-state index contributed by atoms with van der Waals surface area (Å²) in [6.07, 6.45) is 0. The van der Waals surface area contributed by atoms with Crippen LogP contribution < -0.4 is 4.90 Å². The second-order valence-electron chi connectivity index (χ2n) is 10.3. The van der Waals surface area contributed by atoms with Crippen molar-refractivity contribution in [2.24, 2.45) is 0 Å². The van der Waals surface area contributed by atoms with E-state index in [1.54, 1.807) is 24.3 Å². The van der Waals surface area contributed by atoms with E-state index in [4.69, 9.17) is 23.2 Å². The molecule has 5 rings (SSSR count). The van der Waals surface area contributed by atoms with E-state index < -0.39 is 17.7 Å². The van der Waals surface area contributed by atoms with Crippen LogP contribution in [-0.4, -0.2) is 27.0 Å². The van der Waals surface area contributed by atoms with Gasteiger partial charge in [-0.1, -0.05) is 110 Å². The fourth-order valence-electron chi connectivity index (χ4n) is 4.39. The van der Waals surface area contributed by atoms with Crippen molar-refractivity contribution in [1.82, 2.24) is 10.2 Å². The molecule has 1 N–H and O–H groups in total. The van der Waals surface area contributed by atoms with Crippen LogP contribution >= 0.6 is 46.3 Å². The van der Waals surface area contributed by atoms with E-state index in [2.05, 4.69) is 31.0 Å². The van der Waals surface area contributed by atoms with Gasteiger partial charge in [0.2, 0.25) is 5.13 Å². The Morgan fingerprint density at radius 1 is 0.975 bits per heavy atom. The molecule has 0 spiro atoms. The van der Waals surface area contributed by atoms with Crippen LogP contribution in [0.2, 0.25) is 10.0 Å². The standard InChI is InChI=1S/C30H25Cl2N3O3S2/c1-30(2,3)20-12-8-17(9-13-20)24-23(25(36)18-10-14-21(31)15-11-18)26(37)27(38)35(24)28-33-34-29(40-28)39-16-19-6-4-5-7-22(19)32/h4-15,24,36H,16H2,1-3H3/b25-23-. The molecule has 0 aliphatic carbocycles. The van der Waals surface area contributed by atoms with Crippen molar-refractivity contribution in [2.75, 3.05) is 4.90 Å². The third kappa shape index (κ3) is 5.67. The van der Waals surface area contributed by atoms with E-state index in [0.717, 1.165) is 11.1 Å².